The van der Waals surface area contributed by atoms with E-state index in [4.69, 9.17) is 0 Å². The number of nitrogens with zero attached hydrogens (tertiary/aromatic N) is 2. The average Bonchev–Trinajstić information content (AvgIpc) is 2.14. The van der Waals surface area contributed by atoms with Crippen LogP contribution in [0.4, 0.5) is 5.82 Å². The minimum absolute atomic E-state index is 0.490. The minimum Gasteiger partial charge on any atom is -0.368 e. The van der Waals surface area contributed by atoms with Crippen LogP contribution in [-0.4, -0.2) is 16.5 Å². The van der Waals surface area contributed by atoms with Crippen molar-refractivity contribution < 1.29 is 0 Å². The van der Waals surface area contributed by atoms with E-state index in [9.17, 15) is 0 Å². The molecule has 1 aliphatic carbocycles. The molecule has 0 atom stereocenters. The third-order valence-corrected chi connectivity index (χ3v) is 3.12. The van der Waals surface area contributed by atoms with Crippen molar-refractivity contribution in [2.45, 2.75) is 33.1 Å². The Balaban J connectivity index is 1.95. The van der Waals surface area contributed by atoms with Gasteiger partial charge in [0.05, 0.1) is 5.69 Å². The summed E-state index contributed by atoms with van der Waals surface area (Å²) in [5, 5.41) is 3.38. The van der Waals surface area contributed by atoms with Crippen molar-refractivity contribution in [3.8, 4) is 0 Å². The second-order valence-electron chi connectivity index (χ2n) is 4.51. The Kier molecular flexibility index (Phi) is 2.40. The molecule has 2 rings (SSSR count). The van der Waals surface area contributed by atoms with Crippen LogP contribution in [0.1, 0.15) is 31.9 Å². The fourth-order valence-corrected chi connectivity index (χ4v) is 1.84. The molecule has 0 aliphatic heterocycles. The second kappa shape index (κ2) is 3.56. The lowest BCUT2D eigenvalue weighted by molar-refractivity contribution is 0.179. The lowest BCUT2D eigenvalue weighted by Crippen LogP contribution is -2.33. The van der Waals surface area contributed by atoms with Crippen molar-refractivity contribution in [1.82, 2.24) is 9.97 Å². The van der Waals surface area contributed by atoms with Crippen molar-refractivity contribution in [2.75, 3.05) is 11.9 Å². The second-order valence-corrected chi connectivity index (χ2v) is 4.51. The van der Waals surface area contributed by atoms with E-state index < -0.39 is 0 Å². The van der Waals surface area contributed by atoms with Crippen LogP contribution in [0.2, 0.25) is 0 Å². The molecule has 1 fully saturated rings. The van der Waals surface area contributed by atoms with Crippen molar-refractivity contribution in [1.29, 1.82) is 0 Å². The van der Waals surface area contributed by atoms with Gasteiger partial charge in [-0.15, -0.1) is 0 Å². The van der Waals surface area contributed by atoms with Gasteiger partial charge in [0.15, 0.2) is 0 Å². The number of aromatic nitrogens is 2. The zero-order valence-electron chi connectivity index (χ0n) is 8.88. The van der Waals surface area contributed by atoms with E-state index in [2.05, 4.69) is 22.2 Å². The van der Waals surface area contributed by atoms with Gasteiger partial charge >= 0.3 is 0 Å². The fourth-order valence-electron chi connectivity index (χ4n) is 1.84. The maximum absolute atomic E-state index is 4.27. The lowest BCUT2D eigenvalue weighted by Gasteiger charge is -2.38. The molecule has 3 heteroatoms. The molecular formula is C11H17N3. The van der Waals surface area contributed by atoms with Crippen LogP contribution < -0.4 is 5.32 Å². The standard InChI is InChI=1S/C11H17N3/c1-9-10(13-7-6-12-9)14-8-11(2)4-3-5-11/h6-7H,3-5,8H2,1-2H3,(H,13,14). The van der Waals surface area contributed by atoms with E-state index in [0.29, 0.717) is 5.41 Å². The first-order valence-corrected chi connectivity index (χ1v) is 5.21. The van der Waals surface area contributed by atoms with Crippen LogP contribution in [0, 0.1) is 12.3 Å². The third-order valence-electron chi connectivity index (χ3n) is 3.12. The quantitative estimate of drug-likeness (QED) is 0.797. The molecule has 0 bridgehead atoms. The average molecular weight is 191 g/mol. The molecule has 1 heterocycles. The van der Waals surface area contributed by atoms with Crippen molar-refractivity contribution in [2.24, 2.45) is 5.41 Å². The van der Waals surface area contributed by atoms with E-state index in [1.165, 1.54) is 19.3 Å². The van der Waals surface area contributed by atoms with Crippen LogP contribution in [0.3, 0.4) is 0 Å². The van der Waals surface area contributed by atoms with E-state index >= 15 is 0 Å². The number of rotatable bonds is 3. The van der Waals surface area contributed by atoms with Gasteiger partial charge in [0, 0.05) is 18.9 Å². The topological polar surface area (TPSA) is 37.8 Å². The largest absolute Gasteiger partial charge is 0.368 e. The number of anilines is 1. The van der Waals surface area contributed by atoms with Crippen LogP contribution in [0.5, 0.6) is 0 Å². The van der Waals surface area contributed by atoms with Crippen molar-refractivity contribution in [3.63, 3.8) is 0 Å². The first-order valence-electron chi connectivity index (χ1n) is 5.21. The van der Waals surface area contributed by atoms with E-state index in [1.807, 2.05) is 6.92 Å². The lowest BCUT2D eigenvalue weighted by atomic mass is 9.70. The summed E-state index contributed by atoms with van der Waals surface area (Å²) in [6.07, 6.45) is 7.50. The van der Waals surface area contributed by atoms with Gasteiger partial charge in [0.1, 0.15) is 5.82 Å². The molecule has 1 aliphatic rings. The molecule has 0 saturated heterocycles. The third kappa shape index (κ3) is 1.86. The maximum Gasteiger partial charge on any atom is 0.147 e. The Labute approximate surface area is 85.0 Å². The van der Waals surface area contributed by atoms with Gasteiger partial charge in [-0.2, -0.15) is 0 Å². The molecule has 0 amide bonds. The normalized spacial score (nSPS) is 18.7. The summed E-state index contributed by atoms with van der Waals surface area (Å²) in [7, 11) is 0. The summed E-state index contributed by atoms with van der Waals surface area (Å²) < 4.78 is 0. The van der Waals surface area contributed by atoms with Gasteiger partial charge < -0.3 is 5.32 Å². The summed E-state index contributed by atoms with van der Waals surface area (Å²) in [4.78, 5) is 8.46. The smallest absolute Gasteiger partial charge is 0.147 e. The Morgan fingerprint density at radius 1 is 1.36 bits per heavy atom. The summed E-state index contributed by atoms with van der Waals surface area (Å²) in [6, 6.07) is 0. The van der Waals surface area contributed by atoms with Crippen molar-refractivity contribution >= 4 is 5.82 Å². The highest BCUT2D eigenvalue weighted by molar-refractivity contribution is 5.38. The molecule has 14 heavy (non-hydrogen) atoms. The maximum atomic E-state index is 4.27. The van der Waals surface area contributed by atoms with Crippen LogP contribution in [0.15, 0.2) is 12.4 Å². The summed E-state index contributed by atoms with van der Waals surface area (Å²) in [6.45, 7) is 5.33. The summed E-state index contributed by atoms with van der Waals surface area (Å²) in [5.74, 6) is 0.931. The predicted octanol–water partition coefficient (Wildman–Crippen LogP) is 2.39. The van der Waals surface area contributed by atoms with E-state index in [-0.39, 0.29) is 0 Å². The number of nitrogens with one attached hydrogen (secondary N) is 1. The number of aryl methyl sites for hydroxylation is 1. The monoisotopic (exact) mass is 191 g/mol. The molecule has 0 spiro atoms. The molecule has 0 aromatic carbocycles. The molecule has 1 saturated carbocycles. The molecular weight excluding hydrogens is 174 g/mol. The SMILES string of the molecule is Cc1nccnc1NCC1(C)CCC1. The molecule has 3 nitrogen and oxygen atoms in total. The van der Waals surface area contributed by atoms with Gasteiger partial charge in [0.2, 0.25) is 0 Å². The Morgan fingerprint density at radius 3 is 2.64 bits per heavy atom. The first-order chi connectivity index (χ1) is 6.70. The molecule has 76 valence electrons. The first kappa shape index (κ1) is 9.44. The van der Waals surface area contributed by atoms with Gasteiger partial charge in [-0.3, -0.25) is 4.98 Å². The Morgan fingerprint density at radius 2 is 2.07 bits per heavy atom. The van der Waals surface area contributed by atoms with Crippen LogP contribution in [0.25, 0.3) is 0 Å². The molecule has 0 unspecified atom stereocenters. The van der Waals surface area contributed by atoms with E-state index in [0.717, 1.165) is 18.1 Å². The number of hydrogen-bond donors (Lipinski definition) is 1. The van der Waals surface area contributed by atoms with Crippen molar-refractivity contribution in [3.05, 3.63) is 18.1 Å². The van der Waals surface area contributed by atoms with Crippen LogP contribution in [-0.2, 0) is 0 Å². The zero-order chi connectivity index (χ0) is 10.0. The summed E-state index contributed by atoms with van der Waals surface area (Å²) >= 11 is 0. The number of hydrogen-bond acceptors (Lipinski definition) is 3. The molecule has 1 aromatic rings. The Bertz CT molecular complexity index is 318. The van der Waals surface area contributed by atoms with Gasteiger partial charge in [-0.05, 0) is 25.2 Å². The molecule has 0 radical (unpaired) electrons. The molecule has 1 aromatic heterocycles. The highest BCUT2D eigenvalue weighted by atomic mass is 15.0. The van der Waals surface area contributed by atoms with Crippen LogP contribution >= 0.6 is 0 Å². The van der Waals surface area contributed by atoms with Gasteiger partial charge in [0.25, 0.3) is 0 Å². The highest BCUT2D eigenvalue weighted by Crippen LogP contribution is 2.40. The highest BCUT2D eigenvalue weighted by Gasteiger charge is 2.31. The Hall–Kier alpha value is -1.12. The van der Waals surface area contributed by atoms with Gasteiger partial charge in [-0.25, -0.2) is 4.98 Å². The fraction of sp³-hybridized carbons (Fsp3) is 0.636. The zero-order valence-corrected chi connectivity index (χ0v) is 8.88. The minimum atomic E-state index is 0.490. The summed E-state index contributed by atoms with van der Waals surface area (Å²) in [5.41, 5.74) is 1.47. The molecule has 1 N–H and O–H groups in total. The van der Waals surface area contributed by atoms with Gasteiger partial charge in [-0.1, -0.05) is 13.3 Å². The predicted molar refractivity (Wildman–Crippen MR) is 57.2 cm³/mol. The van der Waals surface area contributed by atoms with E-state index in [1.54, 1.807) is 12.4 Å².